The number of halogens is 1. The van der Waals surface area contributed by atoms with E-state index in [4.69, 9.17) is 26.1 Å². The first-order valence-electron chi connectivity index (χ1n) is 11.5. The number of rotatable bonds is 6. The second kappa shape index (κ2) is 10.3. The molecule has 9 heteroatoms. The molecular weight excluding hydrogens is 516 g/mol. The van der Waals surface area contributed by atoms with Gasteiger partial charge in [-0.1, -0.05) is 23.7 Å². The van der Waals surface area contributed by atoms with Crippen molar-refractivity contribution in [3.8, 4) is 33.3 Å². The summed E-state index contributed by atoms with van der Waals surface area (Å²) in [6.07, 6.45) is -0.286. The third-order valence-electron chi connectivity index (χ3n) is 5.81. The summed E-state index contributed by atoms with van der Waals surface area (Å²) in [6.45, 7) is 4.47. The van der Waals surface area contributed by atoms with Crippen molar-refractivity contribution in [3.63, 3.8) is 0 Å². The van der Waals surface area contributed by atoms with Crippen molar-refractivity contribution in [1.29, 1.82) is 0 Å². The molecule has 186 valence electrons. The molecule has 5 rings (SSSR count). The van der Waals surface area contributed by atoms with E-state index in [2.05, 4.69) is 0 Å². The van der Waals surface area contributed by atoms with Gasteiger partial charge in [0.1, 0.15) is 16.5 Å². The average molecular weight is 541 g/mol. The summed E-state index contributed by atoms with van der Waals surface area (Å²) in [5.41, 5.74) is 2.45. The van der Waals surface area contributed by atoms with Crippen LogP contribution >= 0.6 is 22.9 Å². The Balaban J connectivity index is 1.34. The van der Waals surface area contributed by atoms with Crippen molar-refractivity contribution in [2.75, 3.05) is 13.1 Å². The van der Waals surface area contributed by atoms with Gasteiger partial charge in [-0.15, -0.1) is 11.3 Å². The quantitative estimate of drug-likeness (QED) is 0.271. The monoisotopic (exact) mass is 540 g/mol. The number of morpholine rings is 1. The van der Waals surface area contributed by atoms with E-state index < -0.39 is 10.0 Å². The van der Waals surface area contributed by atoms with Crippen LogP contribution in [0.25, 0.3) is 21.8 Å². The maximum absolute atomic E-state index is 13.3. The molecule has 0 bridgehead atoms. The molecule has 0 radical (unpaired) electrons. The van der Waals surface area contributed by atoms with Gasteiger partial charge in [-0.2, -0.15) is 4.31 Å². The number of sulfonamides is 1. The second-order valence-electron chi connectivity index (χ2n) is 8.73. The third-order valence-corrected chi connectivity index (χ3v) is 8.78. The Bertz CT molecular complexity index is 1440. The number of aromatic nitrogens is 1. The van der Waals surface area contributed by atoms with Crippen molar-refractivity contribution in [2.45, 2.75) is 31.0 Å². The minimum Gasteiger partial charge on any atom is -0.457 e. The van der Waals surface area contributed by atoms with Crippen LogP contribution < -0.4 is 4.74 Å². The highest BCUT2D eigenvalue weighted by atomic mass is 35.5. The minimum atomic E-state index is -3.63. The van der Waals surface area contributed by atoms with E-state index in [1.807, 2.05) is 61.7 Å². The molecule has 1 fully saturated rings. The lowest BCUT2D eigenvalue weighted by molar-refractivity contribution is -0.0440. The number of hydrogen-bond acceptors (Lipinski definition) is 6. The largest absolute Gasteiger partial charge is 0.457 e. The zero-order valence-corrected chi connectivity index (χ0v) is 22.2. The Labute approximate surface area is 220 Å². The fourth-order valence-electron chi connectivity index (χ4n) is 4.14. The molecule has 4 aromatic rings. The molecule has 1 aromatic heterocycles. The molecule has 0 unspecified atom stereocenters. The zero-order valence-electron chi connectivity index (χ0n) is 19.8. The number of hydrogen-bond donors (Lipinski definition) is 0. The fourth-order valence-corrected chi connectivity index (χ4v) is 6.73. The highest BCUT2D eigenvalue weighted by molar-refractivity contribution is 7.89. The van der Waals surface area contributed by atoms with E-state index in [9.17, 15) is 8.42 Å². The first-order valence-corrected chi connectivity index (χ1v) is 14.2. The van der Waals surface area contributed by atoms with Crippen LogP contribution in [0.4, 0.5) is 0 Å². The summed E-state index contributed by atoms with van der Waals surface area (Å²) >= 11 is 7.44. The van der Waals surface area contributed by atoms with Crippen LogP contribution in [0.15, 0.2) is 83.1 Å². The van der Waals surface area contributed by atoms with Gasteiger partial charge in [-0.05, 0) is 74.5 Å². The summed E-state index contributed by atoms with van der Waals surface area (Å²) in [5, 5.41) is 3.44. The van der Waals surface area contributed by atoms with Gasteiger partial charge >= 0.3 is 0 Å². The molecular formula is C27H25ClN2O4S2. The van der Waals surface area contributed by atoms with Crippen LogP contribution in [-0.2, 0) is 14.8 Å². The molecule has 2 heterocycles. The molecule has 1 aliphatic heterocycles. The maximum atomic E-state index is 13.3. The summed E-state index contributed by atoms with van der Waals surface area (Å²) in [7, 11) is -3.63. The highest BCUT2D eigenvalue weighted by Gasteiger charge is 2.32. The molecule has 0 spiro atoms. The van der Waals surface area contributed by atoms with E-state index in [1.165, 1.54) is 15.6 Å². The predicted octanol–water partition coefficient (Wildman–Crippen LogP) is 6.72. The molecule has 3 aromatic carbocycles. The number of benzene rings is 3. The molecule has 0 N–H and O–H groups in total. The molecule has 0 amide bonds. The fraction of sp³-hybridized carbons (Fsp3) is 0.222. The van der Waals surface area contributed by atoms with Crippen LogP contribution in [0.5, 0.6) is 11.5 Å². The van der Waals surface area contributed by atoms with Gasteiger partial charge in [-0.25, -0.2) is 13.4 Å². The molecule has 6 nitrogen and oxygen atoms in total. The van der Waals surface area contributed by atoms with E-state index in [0.717, 1.165) is 21.8 Å². The van der Waals surface area contributed by atoms with Crippen molar-refractivity contribution in [1.82, 2.24) is 9.29 Å². The van der Waals surface area contributed by atoms with Crippen LogP contribution in [0.3, 0.4) is 0 Å². The average Bonchev–Trinajstić information content (AvgIpc) is 3.36. The molecule has 1 aliphatic rings. The van der Waals surface area contributed by atoms with Gasteiger partial charge in [0.15, 0.2) is 0 Å². The lowest BCUT2D eigenvalue weighted by Gasteiger charge is -2.34. The van der Waals surface area contributed by atoms with E-state index in [0.29, 0.717) is 29.6 Å². The molecule has 36 heavy (non-hydrogen) atoms. The Morgan fingerprint density at radius 2 is 1.58 bits per heavy atom. The summed E-state index contributed by atoms with van der Waals surface area (Å²) < 4.78 is 39.7. The standard InChI is InChI=1S/C27H25ClN2O4S2/c1-18-15-30(16-19(2)33-18)36(31,32)25-5-3-4-21(14-25)26-17-35-27(29-26)20-6-10-23(11-7-20)34-24-12-8-22(28)9-13-24/h3-14,17-19H,15-16H2,1-2H3/t18-,19+. The van der Waals surface area contributed by atoms with Crippen molar-refractivity contribution >= 4 is 33.0 Å². The van der Waals surface area contributed by atoms with Crippen molar-refractivity contribution < 1.29 is 17.9 Å². The zero-order chi connectivity index (χ0) is 25.3. The SMILES string of the molecule is C[C@@H]1CN(S(=O)(=O)c2cccc(-c3csc(-c4ccc(Oc5ccc(Cl)cc5)cc4)n3)c2)C[C@H](C)O1. The molecule has 2 atom stereocenters. The summed E-state index contributed by atoms with van der Waals surface area (Å²) in [6, 6.07) is 21.9. The summed E-state index contributed by atoms with van der Waals surface area (Å²) in [5.74, 6) is 1.42. The van der Waals surface area contributed by atoms with E-state index in [1.54, 1.807) is 30.3 Å². The number of thiazole rings is 1. The van der Waals surface area contributed by atoms with Crippen molar-refractivity contribution in [2.24, 2.45) is 0 Å². The Morgan fingerprint density at radius 3 is 2.25 bits per heavy atom. The second-order valence-corrected chi connectivity index (χ2v) is 12.0. The Hall–Kier alpha value is -2.75. The van der Waals surface area contributed by atoms with Crippen LogP contribution in [0.1, 0.15) is 13.8 Å². The van der Waals surface area contributed by atoms with E-state index in [-0.39, 0.29) is 17.1 Å². The van der Waals surface area contributed by atoms with Gasteiger partial charge in [0.2, 0.25) is 10.0 Å². The molecule has 0 aliphatic carbocycles. The predicted molar refractivity (Wildman–Crippen MR) is 143 cm³/mol. The number of nitrogens with zero attached hydrogens (tertiary/aromatic N) is 2. The third kappa shape index (κ3) is 5.48. The van der Waals surface area contributed by atoms with Crippen LogP contribution in [0.2, 0.25) is 5.02 Å². The topological polar surface area (TPSA) is 68.7 Å². The minimum absolute atomic E-state index is 0.143. The van der Waals surface area contributed by atoms with Crippen LogP contribution in [0, 0.1) is 0 Å². The van der Waals surface area contributed by atoms with Gasteiger partial charge in [-0.3, -0.25) is 0 Å². The smallest absolute Gasteiger partial charge is 0.243 e. The lowest BCUT2D eigenvalue weighted by atomic mass is 10.2. The Morgan fingerprint density at radius 1 is 0.944 bits per heavy atom. The normalized spacial score (nSPS) is 18.8. The lowest BCUT2D eigenvalue weighted by Crippen LogP contribution is -2.48. The van der Waals surface area contributed by atoms with Crippen LogP contribution in [-0.4, -0.2) is 43.0 Å². The first kappa shape index (κ1) is 24.9. The van der Waals surface area contributed by atoms with Gasteiger partial charge < -0.3 is 9.47 Å². The maximum Gasteiger partial charge on any atom is 0.243 e. The highest BCUT2D eigenvalue weighted by Crippen LogP contribution is 2.32. The number of ether oxygens (including phenoxy) is 2. The van der Waals surface area contributed by atoms with Gasteiger partial charge in [0.25, 0.3) is 0 Å². The molecule has 0 saturated carbocycles. The van der Waals surface area contributed by atoms with Gasteiger partial charge in [0.05, 0.1) is 22.8 Å². The van der Waals surface area contributed by atoms with Gasteiger partial charge in [0, 0.05) is 34.6 Å². The van der Waals surface area contributed by atoms with E-state index >= 15 is 0 Å². The summed E-state index contributed by atoms with van der Waals surface area (Å²) in [4.78, 5) is 5.03. The Kier molecular flexibility index (Phi) is 7.14. The molecule has 1 saturated heterocycles. The van der Waals surface area contributed by atoms with Crippen molar-refractivity contribution in [3.05, 3.63) is 83.2 Å². The first-order chi connectivity index (χ1) is 17.3.